The van der Waals surface area contributed by atoms with Crippen molar-refractivity contribution in [3.05, 3.63) is 46.5 Å². The molecule has 2 aliphatic rings. The van der Waals surface area contributed by atoms with Gasteiger partial charge in [0, 0.05) is 5.41 Å². The molecule has 45 heavy (non-hydrogen) atoms. The molecule has 0 fully saturated rings. The average Bonchev–Trinajstić information content (AvgIpc) is 3.03. The van der Waals surface area contributed by atoms with Crippen LogP contribution in [0.3, 0.4) is 0 Å². The fourth-order valence-corrected chi connectivity index (χ4v) is 7.42. The number of hydrogen-bond acceptors (Lipinski definition) is 16. The molecule has 0 atom stereocenters. The zero-order chi connectivity index (χ0) is 31.2. The van der Waals surface area contributed by atoms with Crippen LogP contribution in [-0.2, 0) is 57.8 Å². The van der Waals surface area contributed by atoms with Gasteiger partial charge < -0.3 is 34.9 Å². The van der Waals surface area contributed by atoms with Crippen LogP contribution in [0.15, 0.2) is 24.3 Å². The molecule has 16 nitrogen and oxygen atoms in total. The van der Waals surface area contributed by atoms with Gasteiger partial charge in [-0.25, -0.2) is 33.7 Å². The van der Waals surface area contributed by atoms with E-state index in [4.69, 9.17) is 0 Å². The zero-order valence-electron chi connectivity index (χ0n) is 25.4. The Hall–Kier alpha value is 3.83. The van der Waals surface area contributed by atoms with E-state index < -0.39 is 80.8 Å². The van der Waals surface area contributed by atoms with Gasteiger partial charge in [0.1, 0.15) is 0 Å². The number of benzene rings is 2. The third-order valence-corrected chi connectivity index (χ3v) is 8.45. The summed E-state index contributed by atoms with van der Waals surface area (Å²) in [5.41, 5.74) is -1.91. The van der Waals surface area contributed by atoms with Crippen molar-refractivity contribution in [1.29, 1.82) is 0 Å². The van der Waals surface area contributed by atoms with Crippen LogP contribution in [0.25, 0.3) is 0 Å². The molecule has 2 aromatic carbocycles. The maximum atomic E-state index is 11.4. The minimum Gasteiger partial charge on any atom is -0.716 e. The largest absolute Gasteiger partial charge is 1.00 e. The average molecular weight is 813 g/mol. The fraction of sp³-hybridized carbons (Fsp3) is 0.429. The van der Waals surface area contributed by atoms with Crippen LogP contribution in [0.5, 0.6) is 23.0 Å². The van der Waals surface area contributed by atoms with Crippen LogP contribution < -0.4 is 222 Å². The second-order valence-corrected chi connectivity index (χ2v) is 14.8. The zero-order valence-corrected chi connectivity index (χ0v) is 41.1. The first-order chi connectivity index (χ1) is 18.2. The second-order valence-electron chi connectivity index (χ2n) is 10.9. The quantitative estimate of drug-likeness (QED) is 0.136. The van der Waals surface area contributed by atoms with Crippen LogP contribution in [0, 0.1) is 0 Å². The fourth-order valence-electron chi connectivity index (χ4n) is 6.02. The molecule has 2 aromatic rings. The Morgan fingerprint density at radius 3 is 0.867 bits per heavy atom. The van der Waals surface area contributed by atoms with E-state index >= 15 is 0 Å². The summed E-state index contributed by atoms with van der Waals surface area (Å²) in [5, 5.41) is 0. The Balaban J connectivity index is 0.00000484. The Morgan fingerprint density at radius 2 is 0.667 bits per heavy atom. The Bertz CT molecular complexity index is 1770. The first-order valence-corrected chi connectivity index (χ1v) is 16.5. The van der Waals surface area contributed by atoms with E-state index in [-0.39, 0.29) is 230 Å². The molecule has 24 heteroatoms. The van der Waals surface area contributed by atoms with Crippen LogP contribution >= 0.6 is 0 Å². The first-order valence-electron chi connectivity index (χ1n) is 11.2. The van der Waals surface area contributed by atoms with Crippen LogP contribution in [0.4, 0.5) is 0 Å². The molecular weight excluding hydrogens is 793 g/mol. The maximum absolute atomic E-state index is 11.4. The topological polar surface area (TPSA) is 266 Å². The van der Waals surface area contributed by atoms with E-state index in [2.05, 4.69) is 16.7 Å². The molecule has 0 aromatic heterocycles. The van der Waals surface area contributed by atoms with E-state index in [1.54, 1.807) is 27.7 Å². The molecule has 0 saturated carbocycles. The van der Waals surface area contributed by atoms with Gasteiger partial charge in [-0.2, -0.15) is 0 Å². The molecule has 1 spiro atoms. The minimum atomic E-state index is -5.52. The molecule has 0 bridgehead atoms. The van der Waals surface area contributed by atoms with Crippen molar-refractivity contribution in [2.45, 2.75) is 56.8 Å². The minimum absolute atomic E-state index is 0. The van der Waals surface area contributed by atoms with E-state index in [1.165, 1.54) is 0 Å². The van der Waals surface area contributed by atoms with Crippen LogP contribution in [-0.4, -0.2) is 51.9 Å². The molecule has 0 saturated heterocycles. The summed E-state index contributed by atoms with van der Waals surface area (Å²) < 4.78 is 154. The van der Waals surface area contributed by atoms with Crippen LogP contribution in [0.2, 0.25) is 0 Å². The Kier molecular flexibility index (Phi) is 17.9. The van der Waals surface area contributed by atoms with Crippen molar-refractivity contribution in [2.75, 3.05) is 0 Å². The van der Waals surface area contributed by atoms with Crippen molar-refractivity contribution >= 4 is 41.6 Å². The van der Waals surface area contributed by atoms with E-state index in [0.29, 0.717) is 11.1 Å². The van der Waals surface area contributed by atoms with Crippen molar-refractivity contribution < 1.29 is 274 Å². The van der Waals surface area contributed by atoms with Gasteiger partial charge in [0.25, 0.3) is 41.6 Å². The molecule has 4 rings (SSSR count). The summed E-state index contributed by atoms with van der Waals surface area (Å²) in [5.74, 6) is -3.63. The molecule has 0 radical (unpaired) electrons. The Labute approximate surface area is 431 Å². The normalized spacial score (nSPS) is 17.2. The SMILES string of the molecule is CC1(C)CC2(CC(C)(C)c3cc(OS(=O)(=O)[O-])c(OS(=O)(=O)[O-])cc32)c2cc(OS(=O)(=O)[O-])c(OS(=O)(=O)[O-])cc21.[K+].[K+].[K+].[K+]. The van der Waals surface area contributed by atoms with Crippen LogP contribution in [0.1, 0.15) is 62.8 Å². The first kappa shape index (κ1) is 48.8. The summed E-state index contributed by atoms with van der Waals surface area (Å²) in [4.78, 5) is 0. The van der Waals surface area contributed by atoms with E-state index in [9.17, 15) is 51.9 Å². The van der Waals surface area contributed by atoms with Crippen molar-refractivity contribution in [3.63, 3.8) is 0 Å². The molecule has 0 aliphatic heterocycles. The Morgan fingerprint density at radius 1 is 0.467 bits per heavy atom. The predicted octanol–water partition coefficient (Wildman–Crippen LogP) is -11.3. The molecule has 228 valence electrons. The van der Waals surface area contributed by atoms with Gasteiger partial charge in [-0.15, -0.1) is 0 Å². The molecule has 2 aliphatic carbocycles. The van der Waals surface area contributed by atoms with Gasteiger partial charge >= 0.3 is 206 Å². The summed E-state index contributed by atoms with van der Waals surface area (Å²) in [6.07, 6.45) is 0.291. The molecule has 0 amide bonds. The summed E-state index contributed by atoms with van der Waals surface area (Å²) in [7, 11) is -22.0. The number of hydrogen-bond donors (Lipinski definition) is 0. The number of rotatable bonds is 8. The number of fused-ring (bicyclic) bond motifs is 4. The van der Waals surface area contributed by atoms with Crippen molar-refractivity contribution in [1.82, 2.24) is 0 Å². The van der Waals surface area contributed by atoms with E-state index in [0.717, 1.165) is 24.3 Å². The van der Waals surface area contributed by atoms with Gasteiger partial charge in [0.2, 0.25) is 0 Å². The molecule has 0 unspecified atom stereocenters. The third-order valence-electron chi connectivity index (χ3n) is 6.91. The van der Waals surface area contributed by atoms with Crippen molar-refractivity contribution in [2.24, 2.45) is 0 Å². The van der Waals surface area contributed by atoms with Gasteiger partial charge in [-0.1, -0.05) is 27.7 Å². The standard InChI is InChI=1S/C21H24O16S4.4K/c1-19(2)9-21(13-7-17(36-40(28,29)30)15(5-11(13)19)34-38(22,23)24)10-20(3,4)12-6-16(35-39(25,26)27)18(8-14(12)21)37-41(31,32)33;;;;/h5-8H,9-10H2,1-4H3,(H,22,23,24)(H,25,26,27)(H,28,29,30)(H,31,32,33);;;;/q;4*+1/p-4. The predicted molar refractivity (Wildman–Crippen MR) is 130 cm³/mol. The van der Waals surface area contributed by atoms with Gasteiger partial charge in [-0.3, -0.25) is 0 Å². The summed E-state index contributed by atoms with van der Waals surface area (Å²) in [6, 6.07) is 4.02. The molecule has 0 heterocycles. The maximum Gasteiger partial charge on any atom is 1.00 e. The summed E-state index contributed by atoms with van der Waals surface area (Å²) >= 11 is 0. The van der Waals surface area contributed by atoms with E-state index in [1.807, 2.05) is 0 Å². The van der Waals surface area contributed by atoms with Gasteiger partial charge in [0.05, 0.1) is 0 Å². The van der Waals surface area contributed by atoms with Gasteiger partial charge in [-0.05, 0) is 70.2 Å². The van der Waals surface area contributed by atoms with Crippen molar-refractivity contribution in [3.8, 4) is 23.0 Å². The molecule has 0 N–H and O–H groups in total. The van der Waals surface area contributed by atoms with Gasteiger partial charge in [0.15, 0.2) is 23.0 Å². The summed E-state index contributed by atoms with van der Waals surface area (Å²) in [6.45, 7) is 6.81. The smallest absolute Gasteiger partial charge is 0.716 e. The third kappa shape index (κ3) is 11.9. The second kappa shape index (κ2) is 16.5. The monoisotopic (exact) mass is 812 g/mol. The molecular formula is C21H20K4O16S4.